The van der Waals surface area contributed by atoms with Gasteiger partial charge in [-0.15, -0.1) is 0 Å². The monoisotopic (exact) mass is 319 g/mol. The number of halogens is 1. The van der Waals surface area contributed by atoms with Gasteiger partial charge in [-0.1, -0.05) is 54.1 Å². The first-order valence-electron chi connectivity index (χ1n) is 7.40. The summed E-state index contributed by atoms with van der Waals surface area (Å²) in [5.74, 6) is 0. The summed E-state index contributed by atoms with van der Waals surface area (Å²) in [6, 6.07) is 20.0. The van der Waals surface area contributed by atoms with Gasteiger partial charge in [0.15, 0.2) is 5.65 Å². The molecule has 0 atom stereocenters. The van der Waals surface area contributed by atoms with E-state index in [-0.39, 0.29) is 0 Å². The van der Waals surface area contributed by atoms with Crippen LogP contribution in [0.15, 0.2) is 66.9 Å². The van der Waals surface area contributed by atoms with E-state index in [0.717, 1.165) is 33.7 Å². The smallest absolute Gasteiger partial charge is 0.163 e. The maximum Gasteiger partial charge on any atom is 0.163 e. The molecular formula is C19H14ClN3. The van der Waals surface area contributed by atoms with Crippen LogP contribution in [0, 0.1) is 6.92 Å². The molecule has 112 valence electrons. The Morgan fingerprint density at radius 3 is 2.48 bits per heavy atom. The topological polar surface area (TPSA) is 30.2 Å². The lowest BCUT2D eigenvalue weighted by Gasteiger charge is -2.05. The molecule has 3 nitrogen and oxygen atoms in total. The third-order valence-electron chi connectivity index (χ3n) is 3.88. The van der Waals surface area contributed by atoms with E-state index in [0.29, 0.717) is 5.02 Å². The average molecular weight is 320 g/mol. The molecule has 2 aromatic carbocycles. The van der Waals surface area contributed by atoms with E-state index in [9.17, 15) is 0 Å². The molecule has 0 amide bonds. The van der Waals surface area contributed by atoms with Gasteiger partial charge >= 0.3 is 0 Å². The fourth-order valence-corrected chi connectivity index (χ4v) is 3.05. The van der Waals surface area contributed by atoms with Crippen LogP contribution in [0.1, 0.15) is 5.69 Å². The summed E-state index contributed by atoms with van der Waals surface area (Å²) < 4.78 is 1.90. The first-order chi connectivity index (χ1) is 11.2. The van der Waals surface area contributed by atoms with Gasteiger partial charge in [-0.05, 0) is 30.7 Å². The maximum absolute atomic E-state index is 6.14. The summed E-state index contributed by atoms with van der Waals surface area (Å²) in [7, 11) is 0. The van der Waals surface area contributed by atoms with Crippen molar-refractivity contribution in [3.63, 3.8) is 0 Å². The van der Waals surface area contributed by atoms with E-state index in [4.69, 9.17) is 16.7 Å². The minimum Gasteiger partial charge on any atom is -0.236 e. The van der Waals surface area contributed by atoms with Gasteiger partial charge in [0.25, 0.3) is 0 Å². The van der Waals surface area contributed by atoms with Gasteiger partial charge in [-0.3, -0.25) is 0 Å². The second kappa shape index (κ2) is 5.52. The normalized spacial score (nSPS) is 11.0. The Kier molecular flexibility index (Phi) is 3.36. The van der Waals surface area contributed by atoms with E-state index in [2.05, 4.69) is 17.1 Å². The second-order valence-electron chi connectivity index (χ2n) is 5.40. The van der Waals surface area contributed by atoms with Gasteiger partial charge < -0.3 is 0 Å². The zero-order chi connectivity index (χ0) is 15.8. The van der Waals surface area contributed by atoms with Crippen molar-refractivity contribution in [3.8, 4) is 22.4 Å². The van der Waals surface area contributed by atoms with E-state index < -0.39 is 0 Å². The molecule has 0 fully saturated rings. The van der Waals surface area contributed by atoms with Gasteiger partial charge in [-0.2, -0.15) is 5.10 Å². The average Bonchev–Trinajstić information content (AvgIpc) is 2.91. The number of aryl methyl sites for hydroxylation is 1. The summed E-state index contributed by atoms with van der Waals surface area (Å²) in [4.78, 5) is 4.55. The molecule has 0 radical (unpaired) electrons. The number of nitrogens with zero attached hydrogens (tertiary/aromatic N) is 3. The summed E-state index contributed by atoms with van der Waals surface area (Å²) >= 11 is 6.14. The van der Waals surface area contributed by atoms with E-state index in [1.165, 1.54) is 0 Å². The molecule has 0 aliphatic rings. The fraction of sp³-hybridized carbons (Fsp3) is 0.0526. The van der Waals surface area contributed by atoms with Crippen LogP contribution in [0.2, 0.25) is 5.02 Å². The number of fused-ring (bicyclic) bond motifs is 1. The van der Waals surface area contributed by atoms with Gasteiger partial charge in [-0.25, -0.2) is 9.50 Å². The molecule has 4 aromatic rings. The highest BCUT2D eigenvalue weighted by Gasteiger charge is 2.15. The van der Waals surface area contributed by atoms with E-state index >= 15 is 0 Å². The second-order valence-corrected chi connectivity index (χ2v) is 5.84. The fourth-order valence-electron chi connectivity index (χ4n) is 2.86. The van der Waals surface area contributed by atoms with Crippen molar-refractivity contribution in [1.82, 2.24) is 14.6 Å². The van der Waals surface area contributed by atoms with Crippen molar-refractivity contribution in [2.45, 2.75) is 6.92 Å². The first-order valence-corrected chi connectivity index (χ1v) is 7.77. The van der Waals surface area contributed by atoms with Crippen LogP contribution >= 0.6 is 11.6 Å². The van der Waals surface area contributed by atoms with Crippen LogP contribution in [0.25, 0.3) is 28.0 Å². The summed E-state index contributed by atoms with van der Waals surface area (Å²) in [6.45, 7) is 2.00. The lowest BCUT2D eigenvalue weighted by Crippen LogP contribution is -1.95. The SMILES string of the molecule is Cc1nn2c(-c3ccccc3)ccnc2c1-c1cccc(Cl)c1. The summed E-state index contributed by atoms with van der Waals surface area (Å²) in [5, 5.41) is 5.42. The Labute approximate surface area is 139 Å². The van der Waals surface area contributed by atoms with Crippen LogP contribution in [0.3, 0.4) is 0 Å². The van der Waals surface area contributed by atoms with Crippen molar-refractivity contribution in [3.05, 3.63) is 77.6 Å². The molecule has 0 saturated carbocycles. The molecule has 0 N–H and O–H groups in total. The summed E-state index contributed by atoms with van der Waals surface area (Å²) in [6.07, 6.45) is 1.83. The van der Waals surface area contributed by atoms with Crippen molar-refractivity contribution >= 4 is 17.2 Å². The van der Waals surface area contributed by atoms with Crippen molar-refractivity contribution in [1.29, 1.82) is 0 Å². The Bertz CT molecular complexity index is 990. The molecule has 4 heteroatoms. The number of hydrogen-bond donors (Lipinski definition) is 0. The molecule has 2 heterocycles. The van der Waals surface area contributed by atoms with Crippen LogP contribution in [0.4, 0.5) is 0 Å². The third kappa shape index (κ3) is 2.39. The number of hydrogen-bond acceptors (Lipinski definition) is 2. The molecule has 0 unspecified atom stereocenters. The highest BCUT2D eigenvalue weighted by Crippen LogP contribution is 2.31. The number of aromatic nitrogens is 3. The van der Waals surface area contributed by atoms with Gasteiger partial charge in [0.2, 0.25) is 0 Å². The van der Waals surface area contributed by atoms with Crippen LogP contribution in [-0.2, 0) is 0 Å². The largest absolute Gasteiger partial charge is 0.236 e. The minimum atomic E-state index is 0.709. The zero-order valence-corrected chi connectivity index (χ0v) is 13.3. The predicted molar refractivity (Wildman–Crippen MR) is 93.6 cm³/mol. The third-order valence-corrected chi connectivity index (χ3v) is 4.11. The van der Waals surface area contributed by atoms with Gasteiger partial charge in [0, 0.05) is 22.3 Å². The quantitative estimate of drug-likeness (QED) is 0.519. The molecule has 0 aliphatic carbocycles. The molecular weight excluding hydrogens is 306 g/mol. The van der Waals surface area contributed by atoms with Crippen LogP contribution < -0.4 is 0 Å². The Morgan fingerprint density at radius 1 is 0.913 bits per heavy atom. The van der Waals surface area contributed by atoms with Crippen LogP contribution in [0.5, 0.6) is 0 Å². The molecule has 0 spiro atoms. The highest BCUT2D eigenvalue weighted by atomic mass is 35.5. The highest BCUT2D eigenvalue weighted by molar-refractivity contribution is 6.30. The molecule has 0 saturated heterocycles. The van der Waals surface area contributed by atoms with Crippen molar-refractivity contribution in [2.24, 2.45) is 0 Å². The summed E-state index contributed by atoms with van der Waals surface area (Å²) in [5.41, 5.74) is 5.95. The Balaban J connectivity index is 2.00. The van der Waals surface area contributed by atoms with Gasteiger partial charge in [0.1, 0.15) is 0 Å². The molecule has 4 rings (SSSR count). The van der Waals surface area contributed by atoms with Crippen molar-refractivity contribution in [2.75, 3.05) is 0 Å². The Morgan fingerprint density at radius 2 is 1.70 bits per heavy atom. The lowest BCUT2D eigenvalue weighted by molar-refractivity contribution is 0.925. The standard InChI is InChI=1S/C19H14ClN3/c1-13-18(15-8-5-9-16(20)12-15)19-21-11-10-17(23(19)22-13)14-6-3-2-4-7-14/h2-12H,1H3. The molecule has 23 heavy (non-hydrogen) atoms. The van der Waals surface area contributed by atoms with Crippen LogP contribution in [-0.4, -0.2) is 14.6 Å². The maximum atomic E-state index is 6.14. The Hall–Kier alpha value is -2.65. The zero-order valence-electron chi connectivity index (χ0n) is 12.6. The molecule has 2 aromatic heterocycles. The molecule has 0 bridgehead atoms. The molecule has 0 aliphatic heterocycles. The number of rotatable bonds is 2. The first kappa shape index (κ1) is 14.0. The van der Waals surface area contributed by atoms with E-state index in [1.54, 1.807) is 0 Å². The van der Waals surface area contributed by atoms with Gasteiger partial charge in [0.05, 0.1) is 11.4 Å². The number of benzene rings is 2. The predicted octanol–water partition coefficient (Wildman–Crippen LogP) is 5.03. The van der Waals surface area contributed by atoms with E-state index in [1.807, 2.05) is 66.2 Å². The van der Waals surface area contributed by atoms with Crippen molar-refractivity contribution < 1.29 is 0 Å². The lowest BCUT2D eigenvalue weighted by atomic mass is 10.1. The minimum absolute atomic E-state index is 0.709.